The van der Waals surface area contributed by atoms with Gasteiger partial charge in [0.1, 0.15) is 11.6 Å². The summed E-state index contributed by atoms with van der Waals surface area (Å²) in [6.45, 7) is 4.13. The van der Waals surface area contributed by atoms with Gasteiger partial charge in [0.2, 0.25) is 5.91 Å². The molecule has 2 N–H and O–H groups in total. The Kier molecular flexibility index (Phi) is 6.47. The van der Waals surface area contributed by atoms with Gasteiger partial charge in [-0.1, -0.05) is 74.1 Å². The number of thioether (sulfide) groups is 1. The van der Waals surface area contributed by atoms with Gasteiger partial charge in [-0.15, -0.1) is 0 Å². The van der Waals surface area contributed by atoms with Gasteiger partial charge in [0.05, 0.1) is 11.4 Å². The molecule has 0 spiro atoms. The highest BCUT2D eigenvalue weighted by molar-refractivity contribution is 7.99. The molecule has 146 valence electrons. The zero-order valence-corrected chi connectivity index (χ0v) is 16.9. The lowest BCUT2D eigenvalue weighted by Crippen LogP contribution is -2.18. The van der Waals surface area contributed by atoms with Crippen LogP contribution in [0.5, 0.6) is 0 Å². The maximum Gasteiger partial charge on any atom is 0.270 e. The number of hydrogen-bond acceptors (Lipinski definition) is 5. The number of hydrogen-bond donors (Lipinski definition) is 2. The molecule has 0 aliphatic heterocycles. The molecule has 0 aliphatic rings. The lowest BCUT2D eigenvalue weighted by atomic mass is 10.0. The highest BCUT2D eigenvalue weighted by Gasteiger charge is 2.15. The second kappa shape index (κ2) is 9.22. The van der Waals surface area contributed by atoms with Gasteiger partial charge in [0, 0.05) is 11.3 Å². The van der Waals surface area contributed by atoms with Gasteiger partial charge >= 0.3 is 0 Å². The Balaban J connectivity index is 1.78. The number of aromatic amines is 1. The van der Waals surface area contributed by atoms with E-state index in [9.17, 15) is 14.9 Å². The summed E-state index contributed by atoms with van der Waals surface area (Å²) in [5, 5.41) is 12.5. The Hall–Kier alpha value is -3.37. The van der Waals surface area contributed by atoms with Gasteiger partial charge in [-0.05, 0) is 17.5 Å². The van der Waals surface area contributed by atoms with Crippen LogP contribution in [0.1, 0.15) is 30.9 Å². The van der Waals surface area contributed by atoms with E-state index in [-0.39, 0.29) is 23.1 Å². The van der Waals surface area contributed by atoms with Crippen molar-refractivity contribution in [1.29, 1.82) is 5.26 Å². The average molecular weight is 404 g/mol. The van der Waals surface area contributed by atoms with Crippen molar-refractivity contribution >= 4 is 23.4 Å². The fraction of sp³-hybridized carbons (Fsp3) is 0.182. The molecule has 0 unspecified atom stereocenters. The molecule has 3 aromatic rings. The molecule has 0 fully saturated rings. The number of aromatic nitrogens is 2. The number of anilines is 1. The molecule has 6 nitrogen and oxygen atoms in total. The van der Waals surface area contributed by atoms with Crippen molar-refractivity contribution in [2.75, 3.05) is 11.1 Å². The van der Waals surface area contributed by atoms with Gasteiger partial charge in [0.15, 0.2) is 5.16 Å². The van der Waals surface area contributed by atoms with Gasteiger partial charge < -0.3 is 10.3 Å². The quantitative estimate of drug-likeness (QED) is 0.475. The van der Waals surface area contributed by atoms with Crippen LogP contribution in [-0.2, 0) is 4.79 Å². The summed E-state index contributed by atoms with van der Waals surface area (Å²) in [5.74, 6) is 0.163. The lowest BCUT2D eigenvalue weighted by Gasteiger charge is -2.13. The zero-order valence-electron chi connectivity index (χ0n) is 16.1. The summed E-state index contributed by atoms with van der Waals surface area (Å²) in [5.41, 5.74) is 2.25. The number of nitrogens with one attached hydrogen (secondary N) is 2. The first-order chi connectivity index (χ1) is 14.0. The Morgan fingerprint density at radius 2 is 1.86 bits per heavy atom. The first-order valence-electron chi connectivity index (χ1n) is 9.11. The number of carbonyl (C=O) groups is 1. The van der Waals surface area contributed by atoms with E-state index >= 15 is 0 Å². The molecular formula is C22H20N4O2S. The Bertz CT molecular complexity index is 1120. The Labute approximate surface area is 173 Å². The van der Waals surface area contributed by atoms with Gasteiger partial charge in [-0.25, -0.2) is 4.98 Å². The van der Waals surface area contributed by atoms with Crippen LogP contribution in [0.15, 0.2) is 64.5 Å². The molecule has 0 atom stereocenters. The van der Waals surface area contributed by atoms with E-state index in [0.29, 0.717) is 16.4 Å². The van der Waals surface area contributed by atoms with Crippen LogP contribution in [0.3, 0.4) is 0 Å². The number of amides is 1. The summed E-state index contributed by atoms with van der Waals surface area (Å²) < 4.78 is 0. The van der Waals surface area contributed by atoms with Crippen molar-refractivity contribution in [2.24, 2.45) is 0 Å². The number of nitriles is 1. The van der Waals surface area contributed by atoms with Crippen molar-refractivity contribution in [2.45, 2.75) is 24.9 Å². The van der Waals surface area contributed by atoms with E-state index in [0.717, 1.165) is 23.0 Å². The normalized spacial score (nSPS) is 10.6. The lowest BCUT2D eigenvalue weighted by molar-refractivity contribution is -0.113. The molecule has 1 aromatic heterocycles. The average Bonchev–Trinajstić information content (AvgIpc) is 2.72. The second-order valence-corrected chi connectivity index (χ2v) is 7.62. The standard InChI is InChI=1S/C22H20N4O2S/c1-14(2)16-10-6-7-11-18(16)24-19(27)13-29-22-25-20(15-8-4-3-5-9-15)17(12-23)21(28)26-22/h3-11,14H,13H2,1-2H3,(H,24,27)(H,25,26,28). The van der Waals surface area contributed by atoms with Crippen molar-refractivity contribution in [3.63, 3.8) is 0 Å². The third kappa shape index (κ3) is 4.92. The number of carbonyl (C=O) groups excluding carboxylic acids is 1. The predicted molar refractivity (Wildman–Crippen MR) is 115 cm³/mol. The summed E-state index contributed by atoms with van der Waals surface area (Å²) in [6, 6.07) is 18.6. The fourth-order valence-electron chi connectivity index (χ4n) is 2.86. The highest BCUT2D eigenvalue weighted by Crippen LogP contribution is 2.25. The molecule has 1 heterocycles. The largest absolute Gasteiger partial charge is 0.325 e. The first-order valence-corrected chi connectivity index (χ1v) is 10.1. The smallest absolute Gasteiger partial charge is 0.270 e. The molecule has 29 heavy (non-hydrogen) atoms. The topological polar surface area (TPSA) is 98.6 Å². The minimum atomic E-state index is -0.519. The predicted octanol–water partition coefficient (Wildman–Crippen LogP) is 4.16. The molecule has 1 amide bonds. The fourth-order valence-corrected chi connectivity index (χ4v) is 3.52. The van der Waals surface area contributed by atoms with Crippen LogP contribution < -0.4 is 10.9 Å². The monoisotopic (exact) mass is 404 g/mol. The molecule has 2 aromatic carbocycles. The minimum absolute atomic E-state index is 0.0455. The zero-order chi connectivity index (χ0) is 20.8. The van der Waals surface area contributed by atoms with E-state index < -0.39 is 5.56 Å². The van der Waals surface area contributed by atoms with Crippen LogP contribution >= 0.6 is 11.8 Å². The second-order valence-electron chi connectivity index (χ2n) is 6.65. The number of rotatable bonds is 6. The third-order valence-electron chi connectivity index (χ3n) is 4.25. The molecule has 0 saturated carbocycles. The maximum absolute atomic E-state index is 12.4. The van der Waals surface area contributed by atoms with Crippen LogP contribution in [0.2, 0.25) is 0 Å². The van der Waals surface area contributed by atoms with Crippen molar-refractivity contribution in [3.8, 4) is 17.3 Å². The molecular weight excluding hydrogens is 384 g/mol. The number of benzene rings is 2. The number of nitrogens with zero attached hydrogens (tertiary/aromatic N) is 2. The Morgan fingerprint density at radius 3 is 2.55 bits per heavy atom. The van der Waals surface area contributed by atoms with Crippen molar-refractivity contribution in [1.82, 2.24) is 9.97 Å². The van der Waals surface area contributed by atoms with E-state index in [2.05, 4.69) is 29.1 Å². The summed E-state index contributed by atoms with van der Waals surface area (Å²) in [7, 11) is 0. The highest BCUT2D eigenvalue weighted by atomic mass is 32.2. The van der Waals surface area contributed by atoms with Crippen LogP contribution in [0.4, 0.5) is 5.69 Å². The SMILES string of the molecule is CC(C)c1ccccc1NC(=O)CSc1nc(-c2ccccc2)c(C#N)c(=O)[nH]1. The summed E-state index contributed by atoms with van der Waals surface area (Å²) in [4.78, 5) is 31.7. The van der Waals surface area contributed by atoms with E-state index in [1.165, 1.54) is 0 Å². The molecule has 0 bridgehead atoms. The van der Waals surface area contributed by atoms with Crippen LogP contribution in [0, 0.1) is 11.3 Å². The van der Waals surface area contributed by atoms with Crippen molar-refractivity contribution < 1.29 is 4.79 Å². The minimum Gasteiger partial charge on any atom is -0.325 e. The van der Waals surface area contributed by atoms with Gasteiger partial charge in [0.25, 0.3) is 5.56 Å². The molecule has 3 rings (SSSR count). The maximum atomic E-state index is 12.4. The number of para-hydroxylation sites is 1. The molecule has 0 saturated heterocycles. The first kappa shape index (κ1) is 20.4. The van der Waals surface area contributed by atoms with Gasteiger partial charge in [-0.2, -0.15) is 5.26 Å². The number of H-pyrrole nitrogens is 1. The molecule has 7 heteroatoms. The third-order valence-corrected chi connectivity index (χ3v) is 5.13. The Morgan fingerprint density at radius 1 is 1.17 bits per heavy atom. The van der Waals surface area contributed by atoms with E-state index in [1.54, 1.807) is 12.1 Å². The van der Waals surface area contributed by atoms with E-state index in [4.69, 9.17) is 0 Å². The molecule has 0 radical (unpaired) electrons. The van der Waals surface area contributed by atoms with Gasteiger partial charge in [-0.3, -0.25) is 9.59 Å². The molecule has 0 aliphatic carbocycles. The van der Waals surface area contributed by atoms with Crippen molar-refractivity contribution in [3.05, 3.63) is 76.1 Å². The van der Waals surface area contributed by atoms with Crippen LogP contribution in [0.25, 0.3) is 11.3 Å². The summed E-state index contributed by atoms with van der Waals surface area (Å²) in [6.07, 6.45) is 0. The van der Waals surface area contributed by atoms with E-state index in [1.807, 2.05) is 48.5 Å². The summed E-state index contributed by atoms with van der Waals surface area (Å²) >= 11 is 1.12. The van der Waals surface area contributed by atoms with Crippen LogP contribution in [-0.4, -0.2) is 21.6 Å².